The van der Waals surface area contributed by atoms with Crippen LogP contribution in [0, 0.1) is 0 Å². The van der Waals surface area contributed by atoms with Crippen molar-refractivity contribution < 1.29 is 14.3 Å². The zero-order chi connectivity index (χ0) is 20.6. The zero-order valence-corrected chi connectivity index (χ0v) is 17.2. The fourth-order valence-corrected chi connectivity index (χ4v) is 4.49. The molecule has 5 rings (SSSR count). The number of halogens is 1. The van der Waals surface area contributed by atoms with E-state index in [4.69, 9.17) is 21.1 Å². The van der Waals surface area contributed by atoms with Crippen LogP contribution < -0.4 is 4.74 Å². The highest BCUT2D eigenvalue weighted by Crippen LogP contribution is 2.46. The number of rotatable bonds is 5. The molecular formula is C25H22ClNO3. The number of hydrogen-bond acceptors (Lipinski definition) is 3. The van der Waals surface area contributed by atoms with Gasteiger partial charge in [0.05, 0.1) is 6.54 Å². The van der Waals surface area contributed by atoms with Gasteiger partial charge in [-0.25, -0.2) is 0 Å². The molecule has 0 saturated carbocycles. The Hall–Kier alpha value is -2.82. The van der Waals surface area contributed by atoms with Crippen molar-refractivity contribution in [3.8, 4) is 16.9 Å². The molecule has 2 fully saturated rings. The van der Waals surface area contributed by atoms with Crippen LogP contribution in [-0.2, 0) is 15.3 Å². The lowest BCUT2D eigenvalue weighted by Gasteiger charge is -2.31. The van der Waals surface area contributed by atoms with Crippen LogP contribution in [0.1, 0.15) is 18.4 Å². The predicted octanol–water partition coefficient (Wildman–Crippen LogP) is 5.26. The third-order valence-electron chi connectivity index (χ3n) is 5.86. The Morgan fingerprint density at radius 1 is 0.967 bits per heavy atom. The SMILES string of the molecule is O=C1CC[C@]2(c3ccc(-c4ccccc4)cc3)O[C@@H](COc3ccc(Cl)cc3)CN12. The number of nitrogens with zero attached hydrogens (tertiary/aromatic N) is 1. The van der Waals surface area contributed by atoms with Gasteiger partial charge in [0, 0.05) is 23.4 Å². The van der Waals surface area contributed by atoms with Gasteiger partial charge in [-0.15, -0.1) is 0 Å². The molecule has 5 heteroatoms. The first-order valence-electron chi connectivity index (χ1n) is 10.2. The molecule has 0 spiro atoms. The van der Waals surface area contributed by atoms with E-state index in [9.17, 15) is 4.79 Å². The van der Waals surface area contributed by atoms with Gasteiger partial charge in [0.2, 0.25) is 5.91 Å². The summed E-state index contributed by atoms with van der Waals surface area (Å²) in [7, 11) is 0. The summed E-state index contributed by atoms with van der Waals surface area (Å²) in [5, 5.41) is 0.670. The summed E-state index contributed by atoms with van der Waals surface area (Å²) >= 11 is 5.93. The summed E-state index contributed by atoms with van der Waals surface area (Å²) in [5.74, 6) is 0.874. The van der Waals surface area contributed by atoms with Gasteiger partial charge in [0.1, 0.15) is 18.5 Å². The highest BCUT2D eigenvalue weighted by Gasteiger charge is 2.54. The molecule has 30 heavy (non-hydrogen) atoms. The molecule has 0 aliphatic carbocycles. The number of benzene rings is 3. The number of ether oxygens (including phenoxy) is 2. The minimum Gasteiger partial charge on any atom is -0.491 e. The van der Waals surface area contributed by atoms with Gasteiger partial charge in [-0.05, 0) is 35.4 Å². The lowest BCUT2D eigenvalue weighted by atomic mass is 9.97. The fourth-order valence-electron chi connectivity index (χ4n) is 4.36. The van der Waals surface area contributed by atoms with Crippen molar-refractivity contribution in [2.24, 2.45) is 0 Å². The quantitative estimate of drug-likeness (QED) is 0.566. The largest absolute Gasteiger partial charge is 0.491 e. The van der Waals surface area contributed by atoms with E-state index < -0.39 is 5.72 Å². The number of hydrogen-bond donors (Lipinski definition) is 0. The highest BCUT2D eigenvalue weighted by atomic mass is 35.5. The second-order valence-electron chi connectivity index (χ2n) is 7.74. The Bertz CT molecular complexity index is 1040. The predicted molar refractivity (Wildman–Crippen MR) is 116 cm³/mol. The maximum atomic E-state index is 12.6. The topological polar surface area (TPSA) is 38.8 Å². The lowest BCUT2D eigenvalue weighted by molar-refractivity contribution is -0.140. The highest BCUT2D eigenvalue weighted by molar-refractivity contribution is 6.30. The second-order valence-corrected chi connectivity index (χ2v) is 8.17. The van der Waals surface area contributed by atoms with E-state index in [0.29, 0.717) is 31.0 Å². The van der Waals surface area contributed by atoms with Crippen molar-refractivity contribution in [2.75, 3.05) is 13.2 Å². The minimum absolute atomic E-state index is 0.135. The molecule has 2 atom stereocenters. The molecule has 152 valence electrons. The van der Waals surface area contributed by atoms with Crippen molar-refractivity contribution in [1.82, 2.24) is 4.90 Å². The summed E-state index contributed by atoms with van der Waals surface area (Å²) in [5.41, 5.74) is 2.64. The molecule has 2 saturated heterocycles. The molecular weight excluding hydrogens is 398 g/mol. The smallest absolute Gasteiger partial charge is 0.225 e. The van der Waals surface area contributed by atoms with Crippen LogP contribution in [0.5, 0.6) is 5.75 Å². The Kier molecular flexibility index (Phi) is 4.97. The molecule has 2 aliphatic heterocycles. The van der Waals surface area contributed by atoms with Gasteiger partial charge in [-0.3, -0.25) is 4.79 Å². The third-order valence-corrected chi connectivity index (χ3v) is 6.11. The molecule has 2 aliphatic rings. The Morgan fingerprint density at radius 3 is 2.40 bits per heavy atom. The van der Waals surface area contributed by atoms with E-state index in [1.165, 1.54) is 5.56 Å². The summed E-state index contributed by atoms with van der Waals surface area (Å²) in [4.78, 5) is 14.4. The van der Waals surface area contributed by atoms with Crippen LogP contribution in [0.25, 0.3) is 11.1 Å². The average molecular weight is 420 g/mol. The molecule has 0 N–H and O–H groups in total. The van der Waals surface area contributed by atoms with E-state index in [1.54, 1.807) is 12.1 Å². The van der Waals surface area contributed by atoms with Crippen molar-refractivity contribution >= 4 is 17.5 Å². The average Bonchev–Trinajstić information content (AvgIpc) is 3.32. The molecule has 3 aromatic rings. The summed E-state index contributed by atoms with van der Waals surface area (Å²) < 4.78 is 12.4. The van der Waals surface area contributed by atoms with Crippen molar-refractivity contribution in [1.29, 1.82) is 0 Å². The molecule has 0 radical (unpaired) electrons. The first kappa shape index (κ1) is 19.2. The Morgan fingerprint density at radius 2 is 1.67 bits per heavy atom. The molecule has 4 nitrogen and oxygen atoms in total. The molecule has 0 bridgehead atoms. The number of carbonyl (C=O) groups excluding carboxylic acids is 1. The standard InChI is InChI=1S/C25H22ClNO3/c26-21-10-12-22(13-11-21)29-17-23-16-27-24(28)14-15-25(27,30-23)20-8-6-19(7-9-20)18-4-2-1-3-5-18/h1-13,23H,14-17H2/t23-,25-/m1/s1. The maximum Gasteiger partial charge on any atom is 0.225 e. The van der Waals surface area contributed by atoms with E-state index in [1.807, 2.05) is 35.2 Å². The van der Waals surface area contributed by atoms with Gasteiger partial charge in [-0.1, -0.05) is 66.2 Å². The molecule has 2 heterocycles. The van der Waals surface area contributed by atoms with Gasteiger partial charge < -0.3 is 14.4 Å². The summed E-state index contributed by atoms with van der Waals surface area (Å²) in [6, 6.07) is 25.9. The normalized spacial score (nSPS) is 22.9. The van der Waals surface area contributed by atoms with Crippen LogP contribution in [-0.4, -0.2) is 30.1 Å². The van der Waals surface area contributed by atoms with Gasteiger partial charge in [0.25, 0.3) is 0 Å². The van der Waals surface area contributed by atoms with E-state index in [0.717, 1.165) is 16.9 Å². The van der Waals surface area contributed by atoms with Gasteiger partial charge in [-0.2, -0.15) is 0 Å². The third kappa shape index (κ3) is 3.47. The Labute approximate surface area is 181 Å². The van der Waals surface area contributed by atoms with E-state index >= 15 is 0 Å². The van der Waals surface area contributed by atoms with Gasteiger partial charge >= 0.3 is 0 Å². The van der Waals surface area contributed by atoms with E-state index in [-0.39, 0.29) is 12.0 Å². The van der Waals surface area contributed by atoms with Crippen LogP contribution in [0.15, 0.2) is 78.9 Å². The number of carbonyl (C=O) groups is 1. The van der Waals surface area contributed by atoms with Crippen molar-refractivity contribution in [3.63, 3.8) is 0 Å². The molecule has 3 aromatic carbocycles. The minimum atomic E-state index is -0.694. The van der Waals surface area contributed by atoms with Crippen molar-refractivity contribution in [3.05, 3.63) is 89.4 Å². The summed E-state index contributed by atoms with van der Waals surface area (Å²) in [6.45, 7) is 0.919. The van der Waals surface area contributed by atoms with E-state index in [2.05, 4.69) is 36.4 Å². The van der Waals surface area contributed by atoms with Crippen LogP contribution in [0.4, 0.5) is 0 Å². The zero-order valence-electron chi connectivity index (χ0n) is 16.5. The maximum absolute atomic E-state index is 12.6. The van der Waals surface area contributed by atoms with Crippen LogP contribution in [0.2, 0.25) is 5.02 Å². The van der Waals surface area contributed by atoms with Crippen LogP contribution in [0.3, 0.4) is 0 Å². The summed E-state index contributed by atoms with van der Waals surface area (Å²) in [6.07, 6.45) is 0.984. The van der Waals surface area contributed by atoms with Crippen molar-refractivity contribution in [2.45, 2.75) is 24.7 Å². The Balaban J connectivity index is 1.35. The van der Waals surface area contributed by atoms with Gasteiger partial charge in [0.15, 0.2) is 5.72 Å². The number of fused-ring (bicyclic) bond motifs is 1. The molecule has 1 amide bonds. The lowest BCUT2D eigenvalue weighted by Crippen LogP contribution is -2.38. The fraction of sp³-hybridized carbons (Fsp3) is 0.240. The van der Waals surface area contributed by atoms with Crippen LogP contribution >= 0.6 is 11.6 Å². The first-order chi connectivity index (χ1) is 14.6. The first-order valence-corrected chi connectivity index (χ1v) is 10.5. The number of amides is 1. The molecule has 0 aromatic heterocycles. The second kappa shape index (κ2) is 7.78. The molecule has 0 unspecified atom stereocenters. The monoisotopic (exact) mass is 419 g/mol.